The first-order chi connectivity index (χ1) is 15.8. The number of rotatable bonds is 6. The van der Waals surface area contributed by atoms with Crippen molar-refractivity contribution in [1.82, 2.24) is 15.3 Å². The molecule has 4 rings (SSSR count). The molecule has 1 amide bonds. The number of morpholine rings is 1. The predicted molar refractivity (Wildman–Crippen MR) is 130 cm³/mol. The lowest BCUT2D eigenvalue weighted by molar-refractivity contribution is -0.128. The zero-order valence-corrected chi connectivity index (χ0v) is 20.3. The van der Waals surface area contributed by atoms with Crippen LogP contribution in [0.4, 0.5) is 11.6 Å². The molecule has 2 fully saturated rings. The summed E-state index contributed by atoms with van der Waals surface area (Å²) in [5, 5.41) is 10.2. The fourth-order valence-electron chi connectivity index (χ4n) is 4.14. The number of carbonyl (C=O) groups is 1. The van der Waals surface area contributed by atoms with Crippen molar-refractivity contribution in [3.63, 3.8) is 0 Å². The van der Waals surface area contributed by atoms with Crippen LogP contribution in [0.15, 0.2) is 24.4 Å². The standard InChI is InChI=1S/C23H29Cl2N5O3/c1-23(2)10-14(5-7-33-23)11-27-19-4-3-16(24)21(29-19)15-9-20(28-12-17(15)25)30-22(31)18-13-26-6-8-32-18/h3-4,9,12,14,18,26H,5-8,10-11,13H2,1-2H3,(H,27,29)(H,28,30,31)/t14?,18-/m1/s1. The van der Waals surface area contributed by atoms with Crippen molar-refractivity contribution in [1.29, 1.82) is 0 Å². The second-order valence-electron chi connectivity index (χ2n) is 8.98. The van der Waals surface area contributed by atoms with Crippen LogP contribution in [-0.2, 0) is 14.3 Å². The smallest absolute Gasteiger partial charge is 0.255 e. The van der Waals surface area contributed by atoms with Gasteiger partial charge < -0.3 is 25.4 Å². The largest absolute Gasteiger partial charge is 0.376 e. The van der Waals surface area contributed by atoms with Crippen LogP contribution in [0.5, 0.6) is 0 Å². The molecule has 33 heavy (non-hydrogen) atoms. The van der Waals surface area contributed by atoms with Crippen LogP contribution in [-0.4, -0.2) is 60.4 Å². The molecule has 2 aromatic rings. The van der Waals surface area contributed by atoms with Gasteiger partial charge in [0.25, 0.3) is 5.91 Å². The van der Waals surface area contributed by atoms with Gasteiger partial charge in [-0.05, 0) is 50.8 Å². The highest BCUT2D eigenvalue weighted by atomic mass is 35.5. The summed E-state index contributed by atoms with van der Waals surface area (Å²) in [6.07, 6.45) is 2.91. The maximum atomic E-state index is 12.5. The molecular weight excluding hydrogens is 465 g/mol. The summed E-state index contributed by atoms with van der Waals surface area (Å²) in [6, 6.07) is 5.31. The third-order valence-corrected chi connectivity index (χ3v) is 6.40. The summed E-state index contributed by atoms with van der Waals surface area (Å²) >= 11 is 12.9. The Balaban J connectivity index is 1.48. The Morgan fingerprint density at radius 3 is 2.85 bits per heavy atom. The molecule has 2 aromatic heterocycles. The predicted octanol–water partition coefficient (Wildman–Crippen LogP) is 3.99. The zero-order chi connectivity index (χ0) is 23.4. The topological polar surface area (TPSA) is 97.4 Å². The molecule has 2 aliphatic rings. The van der Waals surface area contributed by atoms with Gasteiger partial charge in [-0.1, -0.05) is 23.2 Å². The lowest BCUT2D eigenvalue weighted by atomic mass is 9.88. The summed E-state index contributed by atoms with van der Waals surface area (Å²) in [7, 11) is 0. The van der Waals surface area contributed by atoms with E-state index in [9.17, 15) is 4.79 Å². The van der Waals surface area contributed by atoms with Crippen LogP contribution >= 0.6 is 23.2 Å². The highest BCUT2D eigenvalue weighted by Gasteiger charge is 2.28. The number of aromatic nitrogens is 2. The molecule has 3 N–H and O–H groups in total. The van der Waals surface area contributed by atoms with Gasteiger partial charge in [-0.15, -0.1) is 0 Å². The van der Waals surface area contributed by atoms with Crippen LogP contribution < -0.4 is 16.0 Å². The van der Waals surface area contributed by atoms with Crippen molar-refractivity contribution >= 4 is 40.7 Å². The summed E-state index contributed by atoms with van der Waals surface area (Å²) in [6.45, 7) is 7.48. The average molecular weight is 494 g/mol. The first-order valence-corrected chi connectivity index (χ1v) is 11.9. The molecule has 10 heteroatoms. The number of hydrogen-bond acceptors (Lipinski definition) is 7. The molecule has 0 saturated carbocycles. The summed E-state index contributed by atoms with van der Waals surface area (Å²) in [4.78, 5) is 21.4. The van der Waals surface area contributed by atoms with Gasteiger partial charge in [-0.2, -0.15) is 0 Å². The molecule has 0 bridgehead atoms. The maximum absolute atomic E-state index is 12.5. The van der Waals surface area contributed by atoms with E-state index in [-0.39, 0.29) is 11.5 Å². The number of nitrogens with one attached hydrogen (secondary N) is 3. The minimum absolute atomic E-state index is 0.104. The highest BCUT2D eigenvalue weighted by molar-refractivity contribution is 6.36. The van der Waals surface area contributed by atoms with E-state index in [1.807, 2.05) is 6.07 Å². The lowest BCUT2D eigenvalue weighted by Crippen LogP contribution is -2.45. The number of hydrogen-bond donors (Lipinski definition) is 3. The quantitative estimate of drug-likeness (QED) is 0.559. The van der Waals surface area contributed by atoms with Gasteiger partial charge in [0.1, 0.15) is 17.7 Å². The van der Waals surface area contributed by atoms with Gasteiger partial charge in [-0.25, -0.2) is 9.97 Å². The molecule has 178 valence electrons. The fraction of sp³-hybridized carbons (Fsp3) is 0.522. The lowest BCUT2D eigenvalue weighted by Gasteiger charge is -2.35. The molecule has 2 saturated heterocycles. The van der Waals surface area contributed by atoms with Crippen molar-refractivity contribution in [2.24, 2.45) is 5.92 Å². The fourth-order valence-corrected chi connectivity index (χ4v) is 4.54. The number of halogens is 2. The van der Waals surface area contributed by atoms with Gasteiger partial charge in [0.05, 0.1) is 27.9 Å². The van der Waals surface area contributed by atoms with Gasteiger partial charge in [0.2, 0.25) is 0 Å². The third kappa shape index (κ3) is 6.33. The van der Waals surface area contributed by atoms with Crippen LogP contribution in [0.1, 0.15) is 26.7 Å². The second kappa shape index (κ2) is 10.5. The molecule has 0 spiro atoms. The normalized spacial score (nSPS) is 22.5. The van der Waals surface area contributed by atoms with Gasteiger partial charge in [0, 0.05) is 38.0 Å². The Morgan fingerprint density at radius 1 is 1.24 bits per heavy atom. The number of ether oxygens (including phenoxy) is 2. The van der Waals surface area contributed by atoms with Crippen molar-refractivity contribution in [3.8, 4) is 11.3 Å². The van der Waals surface area contributed by atoms with Gasteiger partial charge in [-0.3, -0.25) is 4.79 Å². The van der Waals surface area contributed by atoms with Crippen LogP contribution in [0, 0.1) is 5.92 Å². The molecule has 0 radical (unpaired) electrons. The summed E-state index contributed by atoms with van der Waals surface area (Å²) < 4.78 is 11.3. The van der Waals surface area contributed by atoms with Gasteiger partial charge in [0.15, 0.2) is 0 Å². The van der Waals surface area contributed by atoms with Crippen molar-refractivity contribution < 1.29 is 14.3 Å². The Kier molecular flexibility index (Phi) is 7.71. The van der Waals surface area contributed by atoms with Crippen molar-refractivity contribution in [2.75, 3.05) is 43.5 Å². The minimum atomic E-state index is -0.566. The monoisotopic (exact) mass is 493 g/mol. The molecular formula is C23H29Cl2N5O3. The minimum Gasteiger partial charge on any atom is -0.376 e. The summed E-state index contributed by atoms with van der Waals surface area (Å²) in [5.41, 5.74) is 1.01. The van der Waals surface area contributed by atoms with E-state index in [2.05, 4.69) is 34.8 Å². The SMILES string of the molecule is CC1(C)CC(CNc2ccc(Cl)c(-c3cc(NC(=O)[C@H]4CNCCO4)ncc3Cl)n2)CCO1. The molecule has 0 aromatic carbocycles. The summed E-state index contributed by atoms with van der Waals surface area (Å²) in [5.74, 6) is 1.29. The molecule has 0 aliphatic carbocycles. The van der Waals surface area contributed by atoms with E-state index in [0.717, 1.165) is 32.5 Å². The Bertz CT molecular complexity index is 998. The number of carbonyl (C=O) groups excluding carboxylic acids is 1. The van der Waals surface area contributed by atoms with E-state index in [4.69, 9.17) is 37.7 Å². The zero-order valence-electron chi connectivity index (χ0n) is 18.8. The first-order valence-electron chi connectivity index (χ1n) is 11.1. The Hall–Kier alpha value is -1.97. The molecule has 1 unspecified atom stereocenters. The van der Waals surface area contributed by atoms with E-state index in [0.29, 0.717) is 52.0 Å². The van der Waals surface area contributed by atoms with Crippen molar-refractivity contribution in [2.45, 2.75) is 38.4 Å². The number of nitrogens with zero attached hydrogens (tertiary/aromatic N) is 2. The van der Waals surface area contributed by atoms with Crippen molar-refractivity contribution in [3.05, 3.63) is 34.4 Å². The average Bonchev–Trinajstić information content (AvgIpc) is 2.80. The maximum Gasteiger partial charge on any atom is 0.255 e. The van der Waals surface area contributed by atoms with Crippen LogP contribution in [0.3, 0.4) is 0 Å². The second-order valence-corrected chi connectivity index (χ2v) is 9.79. The van der Waals surface area contributed by atoms with E-state index in [1.165, 1.54) is 6.20 Å². The molecule has 8 nitrogen and oxygen atoms in total. The molecule has 4 heterocycles. The number of anilines is 2. The van der Waals surface area contributed by atoms with E-state index < -0.39 is 6.10 Å². The Labute approximate surface area is 203 Å². The van der Waals surface area contributed by atoms with Crippen LogP contribution in [0.2, 0.25) is 10.0 Å². The number of pyridine rings is 2. The van der Waals surface area contributed by atoms with Gasteiger partial charge >= 0.3 is 0 Å². The molecule has 2 aliphatic heterocycles. The van der Waals surface area contributed by atoms with E-state index >= 15 is 0 Å². The highest BCUT2D eigenvalue weighted by Crippen LogP contribution is 2.34. The first kappa shape index (κ1) is 24.2. The third-order valence-electron chi connectivity index (χ3n) is 5.80. The Morgan fingerprint density at radius 2 is 2.09 bits per heavy atom. The molecule has 2 atom stereocenters. The van der Waals surface area contributed by atoms with Crippen LogP contribution in [0.25, 0.3) is 11.3 Å². The number of amides is 1. The van der Waals surface area contributed by atoms with E-state index in [1.54, 1.807) is 12.1 Å².